The first-order chi connectivity index (χ1) is 8.97. The number of ketones is 1. The van der Waals surface area contributed by atoms with Crippen LogP contribution in [0.25, 0.3) is 0 Å². The topological polar surface area (TPSA) is 60.4 Å². The van der Waals surface area contributed by atoms with Crippen LogP contribution in [-0.2, 0) is 9.84 Å². The second kappa shape index (κ2) is 5.54. The number of thiophene rings is 1. The SMILES string of the molecule is CS(=O)(=O)c1cccc(OCC(=O)c2cccs2)c1. The highest BCUT2D eigenvalue weighted by molar-refractivity contribution is 7.90. The van der Waals surface area contributed by atoms with Gasteiger partial charge in [0.2, 0.25) is 5.78 Å². The molecule has 1 aromatic heterocycles. The van der Waals surface area contributed by atoms with Crippen molar-refractivity contribution in [1.82, 2.24) is 0 Å². The Kier molecular flexibility index (Phi) is 4.01. The van der Waals surface area contributed by atoms with E-state index in [1.165, 1.54) is 23.5 Å². The van der Waals surface area contributed by atoms with Gasteiger partial charge in [-0.2, -0.15) is 0 Å². The average Bonchev–Trinajstić information content (AvgIpc) is 2.89. The zero-order valence-electron chi connectivity index (χ0n) is 10.2. The van der Waals surface area contributed by atoms with Crippen molar-refractivity contribution >= 4 is 27.0 Å². The predicted molar refractivity (Wildman–Crippen MR) is 73.7 cm³/mol. The van der Waals surface area contributed by atoms with Crippen molar-refractivity contribution < 1.29 is 17.9 Å². The van der Waals surface area contributed by atoms with Gasteiger partial charge in [0.25, 0.3) is 0 Å². The van der Waals surface area contributed by atoms with Crippen molar-refractivity contribution in [2.24, 2.45) is 0 Å². The van der Waals surface area contributed by atoms with Crippen LogP contribution in [-0.4, -0.2) is 27.1 Å². The molecule has 0 N–H and O–H groups in total. The van der Waals surface area contributed by atoms with E-state index in [0.717, 1.165) is 6.26 Å². The summed E-state index contributed by atoms with van der Waals surface area (Å²) in [6.07, 6.45) is 1.13. The third-order valence-electron chi connectivity index (χ3n) is 2.40. The average molecular weight is 296 g/mol. The van der Waals surface area contributed by atoms with E-state index < -0.39 is 9.84 Å². The number of rotatable bonds is 5. The molecule has 0 spiro atoms. The highest BCUT2D eigenvalue weighted by atomic mass is 32.2. The molecule has 2 aromatic rings. The quantitative estimate of drug-likeness (QED) is 0.795. The summed E-state index contributed by atoms with van der Waals surface area (Å²) in [5.74, 6) is 0.243. The molecule has 2 rings (SSSR count). The van der Waals surface area contributed by atoms with Gasteiger partial charge < -0.3 is 4.74 Å². The minimum absolute atomic E-state index is 0.103. The fourth-order valence-electron chi connectivity index (χ4n) is 1.45. The van der Waals surface area contributed by atoms with Crippen molar-refractivity contribution in [3.63, 3.8) is 0 Å². The van der Waals surface area contributed by atoms with Gasteiger partial charge in [-0.25, -0.2) is 8.42 Å². The molecule has 0 saturated carbocycles. The lowest BCUT2D eigenvalue weighted by Crippen LogP contribution is -2.10. The molecule has 4 nitrogen and oxygen atoms in total. The van der Waals surface area contributed by atoms with E-state index in [2.05, 4.69) is 0 Å². The number of carbonyl (C=O) groups excluding carboxylic acids is 1. The molecule has 1 aromatic carbocycles. The van der Waals surface area contributed by atoms with Gasteiger partial charge in [0, 0.05) is 6.26 Å². The molecule has 0 bridgehead atoms. The number of Topliss-reactive ketones (excluding diaryl/α,β-unsaturated/α-hetero) is 1. The van der Waals surface area contributed by atoms with Crippen molar-refractivity contribution in [2.75, 3.05) is 12.9 Å². The second-order valence-electron chi connectivity index (χ2n) is 3.94. The monoisotopic (exact) mass is 296 g/mol. The highest BCUT2D eigenvalue weighted by Gasteiger charge is 2.10. The summed E-state index contributed by atoms with van der Waals surface area (Å²) in [4.78, 5) is 12.5. The van der Waals surface area contributed by atoms with E-state index in [4.69, 9.17) is 4.74 Å². The van der Waals surface area contributed by atoms with Gasteiger partial charge >= 0.3 is 0 Å². The zero-order chi connectivity index (χ0) is 13.9. The fourth-order valence-corrected chi connectivity index (χ4v) is 2.76. The highest BCUT2D eigenvalue weighted by Crippen LogP contribution is 2.18. The summed E-state index contributed by atoms with van der Waals surface area (Å²) in [7, 11) is -3.27. The largest absolute Gasteiger partial charge is 0.485 e. The van der Waals surface area contributed by atoms with E-state index in [-0.39, 0.29) is 17.3 Å². The molecule has 0 radical (unpaired) electrons. The number of sulfone groups is 1. The maximum absolute atomic E-state index is 11.7. The van der Waals surface area contributed by atoms with Crippen LogP contribution in [0.3, 0.4) is 0 Å². The lowest BCUT2D eigenvalue weighted by Gasteiger charge is -2.06. The Bertz CT molecular complexity index is 672. The summed E-state index contributed by atoms with van der Waals surface area (Å²) in [6.45, 7) is -0.103. The van der Waals surface area contributed by atoms with Crippen LogP contribution in [0.1, 0.15) is 9.67 Å². The van der Waals surface area contributed by atoms with Crippen molar-refractivity contribution in [3.05, 3.63) is 46.7 Å². The normalized spacial score (nSPS) is 11.2. The van der Waals surface area contributed by atoms with Gasteiger partial charge in [-0.15, -0.1) is 11.3 Å². The first kappa shape index (κ1) is 13.8. The Morgan fingerprint density at radius 2 is 2.05 bits per heavy atom. The van der Waals surface area contributed by atoms with Gasteiger partial charge in [-0.1, -0.05) is 12.1 Å². The number of benzene rings is 1. The number of hydrogen-bond donors (Lipinski definition) is 0. The molecule has 0 aliphatic carbocycles. The summed E-state index contributed by atoms with van der Waals surface area (Å²) < 4.78 is 28.1. The molecule has 0 saturated heterocycles. The Balaban J connectivity index is 2.06. The predicted octanol–water partition coefficient (Wildman–Crippen LogP) is 2.41. The van der Waals surface area contributed by atoms with Gasteiger partial charge in [0.05, 0.1) is 9.77 Å². The lowest BCUT2D eigenvalue weighted by atomic mass is 10.3. The minimum atomic E-state index is -3.27. The summed E-state index contributed by atoms with van der Waals surface area (Å²) in [6, 6.07) is 9.63. The fraction of sp³-hybridized carbons (Fsp3) is 0.154. The Morgan fingerprint density at radius 3 is 2.68 bits per heavy atom. The van der Waals surface area contributed by atoms with Gasteiger partial charge in [-0.3, -0.25) is 4.79 Å². The molecular formula is C13H12O4S2. The third-order valence-corrected chi connectivity index (χ3v) is 4.42. The van der Waals surface area contributed by atoms with Crippen LogP contribution in [0.2, 0.25) is 0 Å². The van der Waals surface area contributed by atoms with Crippen LogP contribution in [0.4, 0.5) is 0 Å². The number of ether oxygens (including phenoxy) is 1. The first-order valence-corrected chi connectivity index (χ1v) is 8.23. The van der Waals surface area contributed by atoms with Gasteiger partial charge in [0.1, 0.15) is 5.75 Å². The third kappa shape index (κ3) is 3.65. The van der Waals surface area contributed by atoms with Crippen molar-refractivity contribution in [2.45, 2.75) is 4.90 Å². The van der Waals surface area contributed by atoms with Crippen LogP contribution in [0.5, 0.6) is 5.75 Å². The molecule has 19 heavy (non-hydrogen) atoms. The molecule has 1 heterocycles. The van der Waals surface area contributed by atoms with Gasteiger partial charge in [-0.05, 0) is 29.6 Å². The van der Waals surface area contributed by atoms with E-state index in [9.17, 15) is 13.2 Å². The maximum atomic E-state index is 11.7. The first-order valence-electron chi connectivity index (χ1n) is 5.46. The summed E-state index contributed by atoms with van der Waals surface area (Å²) in [5, 5.41) is 1.82. The molecule has 0 atom stereocenters. The Morgan fingerprint density at radius 1 is 1.26 bits per heavy atom. The van der Waals surface area contributed by atoms with E-state index in [0.29, 0.717) is 10.6 Å². The smallest absolute Gasteiger partial charge is 0.210 e. The van der Waals surface area contributed by atoms with Crippen molar-refractivity contribution in [1.29, 1.82) is 0 Å². The van der Waals surface area contributed by atoms with Crippen LogP contribution >= 0.6 is 11.3 Å². The molecule has 100 valence electrons. The van der Waals surface area contributed by atoms with E-state index in [1.807, 2.05) is 5.38 Å². The van der Waals surface area contributed by atoms with Crippen molar-refractivity contribution in [3.8, 4) is 5.75 Å². The molecule has 0 unspecified atom stereocenters. The Labute approximate surface area is 115 Å². The lowest BCUT2D eigenvalue weighted by molar-refractivity contribution is 0.0925. The van der Waals surface area contributed by atoms with Gasteiger partial charge in [0.15, 0.2) is 16.4 Å². The number of carbonyl (C=O) groups is 1. The maximum Gasteiger partial charge on any atom is 0.210 e. The molecule has 0 fully saturated rings. The molecular weight excluding hydrogens is 284 g/mol. The molecule has 0 aliphatic heterocycles. The van der Waals surface area contributed by atoms with Crippen LogP contribution in [0.15, 0.2) is 46.7 Å². The van der Waals surface area contributed by atoms with Crippen LogP contribution < -0.4 is 4.74 Å². The molecule has 0 amide bonds. The molecule has 0 aliphatic rings. The van der Waals surface area contributed by atoms with E-state index >= 15 is 0 Å². The van der Waals surface area contributed by atoms with E-state index in [1.54, 1.807) is 24.3 Å². The summed E-state index contributed by atoms with van der Waals surface area (Å²) >= 11 is 1.35. The zero-order valence-corrected chi connectivity index (χ0v) is 11.8. The minimum Gasteiger partial charge on any atom is -0.485 e. The second-order valence-corrected chi connectivity index (χ2v) is 6.90. The number of hydrogen-bond acceptors (Lipinski definition) is 5. The summed E-state index contributed by atoms with van der Waals surface area (Å²) in [5.41, 5.74) is 0. The van der Waals surface area contributed by atoms with Crippen LogP contribution in [0, 0.1) is 0 Å². The standard InChI is InChI=1S/C13H12O4S2/c1-19(15,16)11-5-2-4-10(8-11)17-9-12(14)13-6-3-7-18-13/h2-8H,9H2,1H3. The Hall–Kier alpha value is -1.66. The molecule has 6 heteroatoms.